The molecule has 0 unspecified atom stereocenters. The number of ether oxygens (including phenoxy) is 1. The van der Waals surface area contributed by atoms with E-state index in [1.165, 1.54) is 17.3 Å². The predicted octanol–water partition coefficient (Wildman–Crippen LogP) is 5.98. The molecule has 0 bridgehead atoms. The second-order valence-corrected chi connectivity index (χ2v) is 8.38. The van der Waals surface area contributed by atoms with Crippen LogP contribution in [0.3, 0.4) is 0 Å². The normalized spacial score (nSPS) is 15.2. The lowest BCUT2D eigenvalue weighted by Crippen LogP contribution is -2.27. The lowest BCUT2D eigenvalue weighted by atomic mass is 10.1. The van der Waals surface area contributed by atoms with Crippen molar-refractivity contribution in [1.29, 1.82) is 0 Å². The summed E-state index contributed by atoms with van der Waals surface area (Å²) in [4.78, 5) is 15.0. The number of carbonyl (C=O) groups is 1. The van der Waals surface area contributed by atoms with E-state index in [0.717, 1.165) is 22.6 Å². The van der Waals surface area contributed by atoms with E-state index in [0.29, 0.717) is 15.8 Å². The number of hydrogen-bond donors (Lipinski definition) is 0. The standard InChI is InChI=1S/C24H19NO2S2/c1-17-10-12-18(13-11-17)16-27-21-9-5-6-19(14-21)15-22-23(26)25(24(28)29-22)20-7-3-2-4-8-20/h2-15H,16H2,1H3/b22-15+. The Bertz CT molecular complexity index is 1080. The zero-order chi connectivity index (χ0) is 20.2. The molecule has 29 heavy (non-hydrogen) atoms. The van der Waals surface area contributed by atoms with Gasteiger partial charge in [0.05, 0.1) is 10.6 Å². The molecule has 0 aromatic heterocycles. The van der Waals surface area contributed by atoms with Gasteiger partial charge in [-0.1, -0.05) is 84.1 Å². The molecular weight excluding hydrogens is 398 g/mol. The second kappa shape index (κ2) is 8.64. The maximum absolute atomic E-state index is 12.9. The third-order valence-corrected chi connectivity index (χ3v) is 5.79. The smallest absolute Gasteiger partial charge is 0.270 e. The highest BCUT2D eigenvalue weighted by molar-refractivity contribution is 8.27. The van der Waals surface area contributed by atoms with Crippen LogP contribution in [0.1, 0.15) is 16.7 Å². The number of aryl methyl sites for hydroxylation is 1. The maximum Gasteiger partial charge on any atom is 0.270 e. The Labute approximate surface area is 180 Å². The molecule has 3 nitrogen and oxygen atoms in total. The number of benzene rings is 3. The number of rotatable bonds is 5. The number of thiocarbonyl (C=S) groups is 1. The predicted molar refractivity (Wildman–Crippen MR) is 124 cm³/mol. The fraction of sp³-hybridized carbons (Fsp3) is 0.0833. The quantitative estimate of drug-likeness (QED) is 0.377. The van der Waals surface area contributed by atoms with Crippen LogP contribution in [-0.2, 0) is 11.4 Å². The monoisotopic (exact) mass is 417 g/mol. The summed E-state index contributed by atoms with van der Waals surface area (Å²) < 4.78 is 6.46. The highest BCUT2D eigenvalue weighted by Gasteiger charge is 2.33. The van der Waals surface area contributed by atoms with E-state index in [4.69, 9.17) is 17.0 Å². The molecule has 4 rings (SSSR count). The van der Waals surface area contributed by atoms with Gasteiger partial charge in [-0.25, -0.2) is 0 Å². The van der Waals surface area contributed by atoms with E-state index < -0.39 is 0 Å². The Balaban J connectivity index is 1.50. The molecule has 0 atom stereocenters. The van der Waals surface area contributed by atoms with Gasteiger partial charge in [0.2, 0.25) is 0 Å². The largest absolute Gasteiger partial charge is 0.489 e. The first-order chi connectivity index (χ1) is 14.1. The van der Waals surface area contributed by atoms with Crippen LogP contribution >= 0.6 is 24.0 Å². The molecule has 0 aliphatic carbocycles. The van der Waals surface area contributed by atoms with Crippen molar-refractivity contribution in [2.45, 2.75) is 13.5 Å². The van der Waals surface area contributed by atoms with Crippen molar-refractivity contribution < 1.29 is 9.53 Å². The van der Waals surface area contributed by atoms with Crippen molar-refractivity contribution in [3.63, 3.8) is 0 Å². The first-order valence-electron chi connectivity index (χ1n) is 9.21. The number of carbonyl (C=O) groups excluding carboxylic acids is 1. The molecule has 1 aliphatic heterocycles. The Kier molecular flexibility index (Phi) is 5.79. The molecule has 0 spiro atoms. The van der Waals surface area contributed by atoms with Gasteiger partial charge in [-0.2, -0.15) is 0 Å². The van der Waals surface area contributed by atoms with Gasteiger partial charge < -0.3 is 4.74 Å². The van der Waals surface area contributed by atoms with E-state index in [-0.39, 0.29) is 5.91 Å². The van der Waals surface area contributed by atoms with Crippen molar-refractivity contribution >= 4 is 46.0 Å². The third-order valence-electron chi connectivity index (χ3n) is 4.49. The number of nitrogens with zero attached hydrogens (tertiary/aromatic N) is 1. The highest BCUT2D eigenvalue weighted by atomic mass is 32.2. The Morgan fingerprint density at radius 3 is 2.52 bits per heavy atom. The molecule has 1 amide bonds. The number of hydrogen-bond acceptors (Lipinski definition) is 4. The molecule has 0 radical (unpaired) electrons. The minimum Gasteiger partial charge on any atom is -0.489 e. The zero-order valence-electron chi connectivity index (χ0n) is 15.9. The average molecular weight is 418 g/mol. The summed E-state index contributed by atoms with van der Waals surface area (Å²) in [7, 11) is 0. The Morgan fingerprint density at radius 1 is 1.00 bits per heavy atom. The molecule has 5 heteroatoms. The minimum atomic E-state index is -0.0998. The van der Waals surface area contributed by atoms with Crippen LogP contribution < -0.4 is 9.64 Å². The second-order valence-electron chi connectivity index (χ2n) is 6.70. The molecule has 1 heterocycles. The van der Waals surface area contributed by atoms with Gasteiger partial charge in [0.1, 0.15) is 12.4 Å². The number of anilines is 1. The lowest BCUT2D eigenvalue weighted by molar-refractivity contribution is -0.113. The fourth-order valence-corrected chi connectivity index (χ4v) is 4.26. The lowest BCUT2D eigenvalue weighted by Gasteiger charge is -2.13. The minimum absolute atomic E-state index is 0.0998. The Morgan fingerprint density at radius 2 is 1.76 bits per heavy atom. The molecule has 3 aromatic rings. The van der Waals surface area contributed by atoms with Crippen molar-refractivity contribution in [3.05, 3.63) is 100 Å². The van der Waals surface area contributed by atoms with Gasteiger partial charge in [-0.15, -0.1) is 0 Å². The van der Waals surface area contributed by atoms with Crippen LogP contribution in [0.2, 0.25) is 0 Å². The molecular formula is C24H19NO2S2. The van der Waals surface area contributed by atoms with Crippen molar-refractivity contribution in [2.75, 3.05) is 4.90 Å². The SMILES string of the molecule is Cc1ccc(COc2cccc(/C=C3/SC(=S)N(c4ccccc4)C3=O)c2)cc1. The summed E-state index contributed by atoms with van der Waals surface area (Å²) >= 11 is 6.74. The third kappa shape index (κ3) is 4.58. The van der Waals surface area contributed by atoms with Gasteiger partial charge in [0.25, 0.3) is 5.91 Å². The van der Waals surface area contributed by atoms with Crippen LogP contribution in [-0.4, -0.2) is 10.2 Å². The van der Waals surface area contributed by atoms with Crippen LogP contribution in [0, 0.1) is 6.92 Å². The van der Waals surface area contributed by atoms with Crippen LogP contribution in [0.4, 0.5) is 5.69 Å². The first kappa shape index (κ1) is 19.4. The highest BCUT2D eigenvalue weighted by Crippen LogP contribution is 2.36. The summed E-state index contributed by atoms with van der Waals surface area (Å²) in [5, 5.41) is 0. The van der Waals surface area contributed by atoms with E-state index in [2.05, 4.69) is 31.2 Å². The summed E-state index contributed by atoms with van der Waals surface area (Å²) in [5.74, 6) is 0.662. The van der Waals surface area contributed by atoms with E-state index in [1.807, 2.05) is 60.7 Å². The molecule has 144 valence electrons. The van der Waals surface area contributed by atoms with Crippen molar-refractivity contribution in [2.24, 2.45) is 0 Å². The van der Waals surface area contributed by atoms with E-state index in [1.54, 1.807) is 4.90 Å². The summed E-state index contributed by atoms with van der Waals surface area (Å²) in [5.41, 5.74) is 4.03. The van der Waals surface area contributed by atoms with Crippen molar-refractivity contribution in [1.82, 2.24) is 0 Å². The fourth-order valence-electron chi connectivity index (χ4n) is 2.96. The molecule has 1 saturated heterocycles. The van der Waals surface area contributed by atoms with Crippen LogP contribution in [0.15, 0.2) is 83.8 Å². The van der Waals surface area contributed by atoms with Crippen LogP contribution in [0.25, 0.3) is 6.08 Å². The number of amides is 1. The molecule has 1 aliphatic rings. The van der Waals surface area contributed by atoms with Crippen molar-refractivity contribution in [3.8, 4) is 5.75 Å². The first-order valence-corrected chi connectivity index (χ1v) is 10.4. The van der Waals surface area contributed by atoms with Gasteiger partial charge in [0, 0.05) is 0 Å². The van der Waals surface area contributed by atoms with Crippen LogP contribution in [0.5, 0.6) is 5.75 Å². The topological polar surface area (TPSA) is 29.5 Å². The maximum atomic E-state index is 12.9. The molecule has 3 aromatic carbocycles. The summed E-state index contributed by atoms with van der Waals surface area (Å²) in [6, 6.07) is 25.5. The summed E-state index contributed by atoms with van der Waals surface area (Å²) in [6.45, 7) is 2.56. The summed E-state index contributed by atoms with van der Waals surface area (Å²) in [6.07, 6.45) is 1.86. The molecule has 0 saturated carbocycles. The number of para-hydroxylation sites is 1. The average Bonchev–Trinajstić information content (AvgIpc) is 3.01. The molecule has 1 fully saturated rings. The molecule has 0 N–H and O–H groups in total. The van der Waals surface area contributed by atoms with E-state index >= 15 is 0 Å². The number of thioether (sulfide) groups is 1. The Hall–Kier alpha value is -2.89. The zero-order valence-corrected chi connectivity index (χ0v) is 17.5. The van der Waals surface area contributed by atoms with Gasteiger partial charge >= 0.3 is 0 Å². The van der Waals surface area contributed by atoms with Gasteiger partial charge in [-0.3, -0.25) is 9.69 Å². The van der Waals surface area contributed by atoms with E-state index in [9.17, 15) is 4.79 Å². The van der Waals surface area contributed by atoms with Gasteiger partial charge in [-0.05, 0) is 48.4 Å². The van der Waals surface area contributed by atoms with Gasteiger partial charge in [0.15, 0.2) is 4.32 Å².